The predicted molar refractivity (Wildman–Crippen MR) is 80.4 cm³/mol. The first-order valence-corrected chi connectivity index (χ1v) is 7.35. The number of hydrogen-bond acceptors (Lipinski definition) is 4. The van der Waals surface area contributed by atoms with Crippen LogP contribution >= 0.6 is 11.3 Å². The molecule has 4 nitrogen and oxygen atoms in total. The van der Waals surface area contributed by atoms with Crippen LogP contribution in [0.2, 0.25) is 0 Å². The van der Waals surface area contributed by atoms with Crippen molar-refractivity contribution in [3.05, 3.63) is 45.9 Å². The van der Waals surface area contributed by atoms with Crippen LogP contribution in [0.1, 0.15) is 40.8 Å². The van der Waals surface area contributed by atoms with Gasteiger partial charge >= 0.3 is 0 Å². The summed E-state index contributed by atoms with van der Waals surface area (Å²) in [7, 11) is 1.56. The average Bonchev–Trinajstić information content (AvgIpc) is 2.94. The Hall–Kier alpha value is -1.88. The maximum absolute atomic E-state index is 12.1. The van der Waals surface area contributed by atoms with Crippen molar-refractivity contribution in [2.24, 2.45) is 0 Å². The van der Waals surface area contributed by atoms with Gasteiger partial charge in [0.1, 0.15) is 10.8 Å². The van der Waals surface area contributed by atoms with E-state index in [-0.39, 0.29) is 5.91 Å². The van der Waals surface area contributed by atoms with Crippen LogP contribution in [-0.2, 0) is 6.54 Å². The Morgan fingerprint density at radius 2 is 2.15 bits per heavy atom. The minimum atomic E-state index is -0.149. The molecular formula is C15H18N2O2S. The lowest BCUT2D eigenvalue weighted by atomic mass is 10.2. The smallest absolute Gasteiger partial charge is 0.255 e. The quantitative estimate of drug-likeness (QED) is 0.920. The van der Waals surface area contributed by atoms with Gasteiger partial charge in [-0.1, -0.05) is 26.0 Å². The van der Waals surface area contributed by atoms with Crippen LogP contribution in [-0.4, -0.2) is 18.0 Å². The fourth-order valence-corrected chi connectivity index (χ4v) is 2.65. The SMILES string of the molecule is COc1ccccc1C(=O)NCc1nc(C(C)C)cs1. The van der Waals surface area contributed by atoms with E-state index in [9.17, 15) is 4.79 Å². The minimum absolute atomic E-state index is 0.149. The van der Waals surface area contributed by atoms with E-state index in [0.29, 0.717) is 23.8 Å². The molecule has 2 rings (SSSR count). The fraction of sp³-hybridized carbons (Fsp3) is 0.333. The van der Waals surface area contributed by atoms with Gasteiger partial charge in [-0.25, -0.2) is 4.98 Å². The molecule has 0 unspecified atom stereocenters. The van der Waals surface area contributed by atoms with Crippen molar-refractivity contribution in [2.75, 3.05) is 7.11 Å². The highest BCUT2D eigenvalue weighted by Crippen LogP contribution is 2.19. The average molecular weight is 290 g/mol. The van der Waals surface area contributed by atoms with E-state index in [1.54, 1.807) is 30.6 Å². The molecule has 1 heterocycles. The predicted octanol–water partition coefficient (Wildman–Crippen LogP) is 3.21. The molecule has 1 aromatic carbocycles. The molecule has 0 aliphatic heterocycles. The number of methoxy groups -OCH3 is 1. The van der Waals surface area contributed by atoms with E-state index in [1.807, 2.05) is 17.5 Å². The zero-order chi connectivity index (χ0) is 14.5. The molecule has 106 valence electrons. The number of thiazole rings is 1. The number of carbonyl (C=O) groups excluding carboxylic acids is 1. The molecule has 0 bridgehead atoms. The van der Waals surface area contributed by atoms with E-state index in [0.717, 1.165) is 10.7 Å². The van der Waals surface area contributed by atoms with Gasteiger partial charge in [0.25, 0.3) is 5.91 Å². The van der Waals surface area contributed by atoms with Crippen molar-refractivity contribution in [2.45, 2.75) is 26.3 Å². The molecule has 0 atom stereocenters. The van der Waals surface area contributed by atoms with Crippen LogP contribution in [0.5, 0.6) is 5.75 Å². The van der Waals surface area contributed by atoms with Crippen LogP contribution in [0.4, 0.5) is 0 Å². The standard InChI is InChI=1S/C15H18N2O2S/c1-10(2)12-9-20-14(17-12)8-16-15(18)11-6-4-5-7-13(11)19-3/h4-7,9-10H,8H2,1-3H3,(H,16,18). The van der Waals surface area contributed by atoms with Gasteiger partial charge in [-0.05, 0) is 18.1 Å². The number of nitrogens with one attached hydrogen (secondary N) is 1. The largest absolute Gasteiger partial charge is 0.496 e. The molecule has 0 spiro atoms. The number of hydrogen-bond donors (Lipinski definition) is 1. The highest BCUT2D eigenvalue weighted by molar-refractivity contribution is 7.09. The van der Waals surface area contributed by atoms with Crippen molar-refractivity contribution in [1.29, 1.82) is 0 Å². The molecule has 0 aliphatic carbocycles. The summed E-state index contributed by atoms with van der Waals surface area (Å²) >= 11 is 1.57. The summed E-state index contributed by atoms with van der Waals surface area (Å²) in [6.07, 6.45) is 0. The Morgan fingerprint density at radius 1 is 1.40 bits per heavy atom. The molecule has 1 N–H and O–H groups in total. The Bertz CT molecular complexity index is 593. The Labute approximate surface area is 122 Å². The van der Waals surface area contributed by atoms with Crippen molar-refractivity contribution in [3.63, 3.8) is 0 Å². The molecule has 0 fully saturated rings. The van der Waals surface area contributed by atoms with Crippen molar-refractivity contribution in [3.8, 4) is 5.75 Å². The number of para-hydroxylation sites is 1. The lowest BCUT2D eigenvalue weighted by molar-refractivity contribution is 0.0948. The van der Waals surface area contributed by atoms with Crippen LogP contribution in [0, 0.1) is 0 Å². The summed E-state index contributed by atoms with van der Waals surface area (Å²) in [4.78, 5) is 16.6. The number of carbonyl (C=O) groups is 1. The second kappa shape index (κ2) is 6.52. The normalized spacial score (nSPS) is 10.6. The topological polar surface area (TPSA) is 51.2 Å². The summed E-state index contributed by atoms with van der Waals surface area (Å²) in [6, 6.07) is 7.17. The van der Waals surface area contributed by atoms with Gasteiger partial charge < -0.3 is 10.1 Å². The molecule has 0 radical (unpaired) electrons. The van der Waals surface area contributed by atoms with Gasteiger partial charge in [0.05, 0.1) is 24.9 Å². The first-order valence-electron chi connectivity index (χ1n) is 6.47. The Kier molecular flexibility index (Phi) is 4.74. The van der Waals surface area contributed by atoms with Crippen molar-refractivity contribution in [1.82, 2.24) is 10.3 Å². The first-order chi connectivity index (χ1) is 9.61. The third-order valence-electron chi connectivity index (χ3n) is 2.91. The van der Waals surface area contributed by atoms with E-state index >= 15 is 0 Å². The Morgan fingerprint density at radius 3 is 2.80 bits per heavy atom. The molecule has 20 heavy (non-hydrogen) atoms. The maximum Gasteiger partial charge on any atom is 0.255 e. The molecule has 0 saturated carbocycles. The monoisotopic (exact) mass is 290 g/mol. The lowest BCUT2D eigenvalue weighted by Gasteiger charge is -2.08. The number of amides is 1. The number of rotatable bonds is 5. The van der Waals surface area contributed by atoms with E-state index in [4.69, 9.17) is 4.74 Å². The maximum atomic E-state index is 12.1. The molecule has 2 aromatic rings. The number of benzene rings is 1. The van der Waals surface area contributed by atoms with E-state index in [1.165, 1.54) is 0 Å². The molecular weight excluding hydrogens is 272 g/mol. The first kappa shape index (κ1) is 14.5. The fourth-order valence-electron chi connectivity index (χ4n) is 1.75. The number of ether oxygens (including phenoxy) is 1. The van der Waals surface area contributed by atoms with Gasteiger partial charge in [0.2, 0.25) is 0 Å². The minimum Gasteiger partial charge on any atom is -0.496 e. The van der Waals surface area contributed by atoms with E-state index < -0.39 is 0 Å². The van der Waals surface area contributed by atoms with Gasteiger partial charge in [-0.15, -0.1) is 11.3 Å². The van der Waals surface area contributed by atoms with Gasteiger partial charge in [0, 0.05) is 5.38 Å². The second-order valence-corrected chi connectivity index (χ2v) is 5.65. The molecule has 1 amide bonds. The second-order valence-electron chi connectivity index (χ2n) is 4.70. The van der Waals surface area contributed by atoms with Crippen LogP contribution in [0.25, 0.3) is 0 Å². The molecule has 5 heteroatoms. The van der Waals surface area contributed by atoms with Gasteiger partial charge in [-0.2, -0.15) is 0 Å². The number of aromatic nitrogens is 1. The summed E-state index contributed by atoms with van der Waals surface area (Å²) < 4.78 is 5.18. The highest BCUT2D eigenvalue weighted by atomic mass is 32.1. The summed E-state index contributed by atoms with van der Waals surface area (Å²) in [6.45, 7) is 4.65. The highest BCUT2D eigenvalue weighted by Gasteiger charge is 2.12. The molecule has 0 aliphatic rings. The van der Waals surface area contributed by atoms with E-state index in [2.05, 4.69) is 24.1 Å². The third kappa shape index (κ3) is 3.36. The zero-order valence-corrected chi connectivity index (χ0v) is 12.7. The molecule has 1 aromatic heterocycles. The molecule has 0 saturated heterocycles. The zero-order valence-electron chi connectivity index (χ0n) is 11.8. The third-order valence-corrected chi connectivity index (χ3v) is 3.78. The summed E-state index contributed by atoms with van der Waals surface area (Å²) in [5.41, 5.74) is 1.60. The van der Waals surface area contributed by atoms with Gasteiger partial charge in [0.15, 0.2) is 0 Å². The van der Waals surface area contributed by atoms with Crippen LogP contribution in [0.3, 0.4) is 0 Å². The van der Waals surface area contributed by atoms with Crippen LogP contribution < -0.4 is 10.1 Å². The van der Waals surface area contributed by atoms with Crippen molar-refractivity contribution >= 4 is 17.2 Å². The summed E-state index contributed by atoms with van der Waals surface area (Å²) in [5.74, 6) is 0.834. The lowest BCUT2D eigenvalue weighted by Crippen LogP contribution is -2.23. The van der Waals surface area contributed by atoms with Gasteiger partial charge in [-0.3, -0.25) is 4.79 Å². The summed E-state index contributed by atoms with van der Waals surface area (Å²) in [5, 5.41) is 5.82. The van der Waals surface area contributed by atoms with Crippen molar-refractivity contribution < 1.29 is 9.53 Å². The Balaban J connectivity index is 2.01. The van der Waals surface area contributed by atoms with Crippen LogP contribution in [0.15, 0.2) is 29.6 Å². The number of nitrogens with zero attached hydrogens (tertiary/aromatic N) is 1.